The summed E-state index contributed by atoms with van der Waals surface area (Å²) in [5.41, 5.74) is -0.860. The first-order valence-corrected chi connectivity index (χ1v) is 13.7. The zero-order chi connectivity index (χ0) is 29.7. The number of nitrogens with one attached hydrogen (secondary N) is 1. The number of anilines is 2. The minimum atomic E-state index is -4.87. The van der Waals surface area contributed by atoms with E-state index in [1.54, 1.807) is 7.11 Å². The van der Waals surface area contributed by atoms with Crippen LogP contribution in [-0.2, 0) is 17.5 Å². The van der Waals surface area contributed by atoms with E-state index in [4.69, 9.17) is 4.74 Å². The summed E-state index contributed by atoms with van der Waals surface area (Å²) < 4.78 is 59.2. The summed E-state index contributed by atoms with van der Waals surface area (Å²) in [5.74, 6) is -0.977. The summed E-state index contributed by atoms with van der Waals surface area (Å²) in [6.45, 7) is 2.49. The molecule has 4 N–H and O–H groups in total. The molecule has 0 radical (unpaired) electrons. The van der Waals surface area contributed by atoms with Crippen LogP contribution in [0.1, 0.15) is 35.2 Å². The number of piperidine rings is 1. The van der Waals surface area contributed by atoms with Gasteiger partial charge in [-0.05, 0) is 38.1 Å². The lowest BCUT2D eigenvalue weighted by molar-refractivity contribution is -0.139. The first kappa shape index (κ1) is 31.0. The minimum absolute atomic E-state index is 0.0919. The van der Waals surface area contributed by atoms with E-state index in [0.717, 1.165) is 23.5 Å². The third-order valence-corrected chi connectivity index (χ3v) is 7.79. The fourth-order valence-corrected chi connectivity index (χ4v) is 5.55. The predicted molar refractivity (Wildman–Crippen MR) is 144 cm³/mol. The first-order valence-electron chi connectivity index (χ1n) is 12.9. The highest BCUT2D eigenvalue weighted by Gasteiger charge is 2.35. The minimum Gasteiger partial charge on any atom is -0.383 e. The molecule has 4 rings (SSSR count). The topological polar surface area (TPSA) is 127 Å². The Morgan fingerprint density at radius 2 is 1.90 bits per heavy atom. The molecule has 1 unspecified atom stereocenters. The van der Waals surface area contributed by atoms with Gasteiger partial charge < -0.3 is 30.3 Å². The number of benzene rings is 1. The molecule has 3 aromatic rings. The Morgan fingerprint density at radius 1 is 1.17 bits per heavy atom. The molecule has 41 heavy (non-hydrogen) atoms. The number of aliphatic hydroxyl groups excluding tert-OH is 2. The summed E-state index contributed by atoms with van der Waals surface area (Å²) in [6, 6.07) is 2.74. The molecule has 1 atom stereocenters. The molecule has 0 bridgehead atoms. The lowest BCUT2D eigenvalue weighted by Crippen LogP contribution is -2.38. The molecule has 0 aliphatic carbocycles. The van der Waals surface area contributed by atoms with Gasteiger partial charge in [0.1, 0.15) is 17.3 Å². The highest BCUT2D eigenvalue weighted by Crippen LogP contribution is 2.38. The van der Waals surface area contributed by atoms with Crippen LogP contribution in [0.15, 0.2) is 30.6 Å². The third-order valence-electron chi connectivity index (χ3n) is 6.82. The fourth-order valence-electron chi connectivity index (χ4n) is 4.46. The standard InChI is InChI=1S/C26H32F4N6O4S/c1-35(9-10-40-2)14-20-22(16-3-4-18(27)17(11-16)26(28,29)30)33-25(41-20)34-23(37)19-12-32-21(13-31-19)36-7-5-15(6-8-36)24(38)39/h3-4,11-13,15,23-24,37-39H,5-10,14H2,1-2H3,(H,33,34). The van der Waals surface area contributed by atoms with E-state index in [1.807, 2.05) is 16.8 Å². The van der Waals surface area contributed by atoms with Crippen molar-refractivity contribution in [2.24, 2.45) is 5.92 Å². The van der Waals surface area contributed by atoms with Gasteiger partial charge in [0.15, 0.2) is 17.6 Å². The van der Waals surface area contributed by atoms with Crippen LogP contribution >= 0.6 is 11.3 Å². The summed E-state index contributed by atoms with van der Waals surface area (Å²) in [5, 5.41) is 32.6. The van der Waals surface area contributed by atoms with Gasteiger partial charge in [0.2, 0.25) is 0 Å². The average Bonchev–Trinajstić information content (AvgIpc) is 3.33. The van der Waals surface area contributed by atoms with Crippen LogP contribution in [0.2, 0.25) is 0 Å². The Kier molecular flexibility index (Phi) is 10.1. The van der Waals surface area contributed by atoms with E-state index >= 15 is 0 Å². The van der Waals surface area contributed by atoms with Crippen LogP contribution in [0.3, 0.4) is 0 Å². The Bertz CT molecular complexity index is 1290. The van der Waals surface area contributed by atoms with Gasteiger partial charge in [-0.3, -0.25) is 9.88 Å². The van der Waals surface area contributed by atoms with Crippen molar-refractivity contribution in [1.29, 1.82) is 0 Å². The maximum absolute atomic E-state index is 14.0. The molecular weight excluding hydrogens is 568 g/mol. The van der Waals surface area contributed by atoms with Crippen molar-refractivity contribution in [2.45, 2.75) is 38.1 Å². The smallest absolute Gasteiger partial charge is 0.383 e. The molecule has 3 heterocycles. The molecule has 0 amide bonds. The molecule has 1 aromatic carbocycles. The van der Waals surface area contributed by atoms with Crippen LogP contribution < -0.4 is 10.2 Å². The third kappa shape index (κ3) is 7.87. The van der Waals surface area contributed by atoms with E-state index in [2.05, 4.69) is 20.3 Å². The Hall–Kier alpha value is -2.95. The predicted octanol–water partition coefficient (Wildman–Crippen LogP) is 3.47. The van der Waals surface area contributed by atoms with Gasteiger partial charge in [-0.25, -0.2) is 14.4 Å². The molecule has 224 valence electrons. The van der Waals surface area contributed by atoms with Crippen molar-refractivity contribution in [1.82, 2.24) is 19.9 Å². The second-order valence-corrected chi connectivity index (χ2v) is 10.9. The van der Waals surface area contributed by atoms with Crippen molar-refractivity contribution in [3.8, 4) is 11.3 Å². The molecule has 0 spiro atoms. The summed E-state index contributed by atoms with van der Waals surface area (Å²) in [6.07, 6.45) is -3.43. The largest absolute Gasteiger partial charge is 0.419 e. The number of halogens is 4. The van der Waals surface area contributed by atoms with Gasteiger partial charge >= 0.3 is 6.18 Å². The Balaban J connectivity index is 1.53. The SMILES string of the molecule is COCCN(C)Cc1sc(NC(O)c2cnc(N3CCC(C(O)O)CC3)cn2)nc1-c1ccc(F)c(C(F)(F)F)c1. The van der Waals surface area contributed by atoms with Gasteiger partial charge in [0.25, 0.3) is 0 Å². The van der Waals surface area contributed by atoms with Crippen LogP contribution in [0.5, 0.6) is 0 Å². The molecule has 1 fully saturated rings. The number of thiazole rings is 1. The number of likely N-dealkylation sites (N-methyl/N-ethyl adjacent to an activating group) is 1. The van der Waals surface area contributed by atoms with Gasteiger partial charge in [-0.15, -0.1) is 11.3 Å². The van der Waals surface area contributed by atoms with E-state index in [1.165, 1.54) is 18.5 Å². The van der Waals surface area contributed by atoms with Gasteiger partial charge in [-0.1, -0.05) is 0 Å². The molecule has 2 aromatic heterocycles. The highest BCUT2D eigenvalue weighted by molar-refractivity contribution is 7.16. The number of ether oxygens (including phenoxy) is 1. The lowest BCUT2D eigenvalue weighted by Gasteiger charge is -2.33. The number of nitrogens with zero attached hydrogens (tertiary/aromatic N) is 5. The van der Waals surface area contributed by atoms with E-state index in [-0.39, 0.29) is 28.0 Å². The van der Waals surface area contributed by atoms with Crippen LogP contribution in [0.4, 0.5) is 28.5 Å². The van der Waals surface area contributed by atoms with Crippen molar-refractivity contribution >= 4 is 22.3 Å². The second kappa shape index (κ2) is 13.4. The number of alkyl halides is 3. The molecule has 1 aliphatic heterocycles. The molecule has 1 aliphatic rings. The molecule has 10 nitrogen and oxygen atoms in total. The summed E-state index contributed by atoms with van der Waals surface area (Å²) in [7, 11) is 3.38. The van der Waals surface area contributed by atoms with Gasteiger partial charge in [-0.2, -0.15) is 13.2 Å². The van der Waals surface area contributed by atoms with Crippen LogP contribution in [-0.4, -0.2) is 81.9 Å². The van der Waals surface area contributed by atoms with Crippen LogP contribution in [0, 0.1) is 11.7 Å². The second-order valence-electron chi connectivity index (χ2n) is 9.80. The fraction of sp³-hybridized carbons (Fsp3) is 0.500. The number of hydrogen-bond donors (Lipinski definition) is 4. The Labute approximate surface area is 238 Å². The van der Waals surface area contributed by atoms with Gasteiger partial charge in [0.05, 0.1) is 30.3 Å². The highest BCUT2D eigenvalue weighted by atomic mass is 32.1. The Morgan fingerprint density at radius 3 is 2.51 bits per heavy atom. The normalized spacial score (nSPS) is 15.6. The van der Waals surface area contributed by atoms with Crippen LogP contribution in [0.25, 0.3) is 11.3 Å². The number of rotatable bonds is 11. The zero-order valence-corrected chi connectivity index (χ0v) is 23.3. The maximum Gasteiger partial charge on any atom is 0.419 e. The average molecular weight is 601 g/mol. The molecule has 1 saturated heterocycles. The zero-order valence-electron chi connectivity index (χ0n) is 22.5. The van der Waals surface area contributed by atoms with Gasteiger partial charge in [0, 0.05) is 49.6 Å². The van der Waals surface area contributed by atoms with Crippen molar-refractivity contribution in [3.63, 3.8) is 0 Å². The number of hydrogen-bond acceptors (Lipinski definition) is 11. The number of aliphatic hydroxyl groups is 3. The molecule has 0 saturated carbocycles. The maximum atomic E-state index is 14.0. The lowest BCUT2D eigenvalue weighted by atomic mass is 9.96. The quantitative estimate of drug-likeness (QED) is 0.192. The van der Waals surface area contributed by atoms with E-state index < -0.39 is 30.1 Å². The van der Waals surface area contributed by atoms with E-state index in [0.29, 0.717) is 56.3 Å². The molecular formula is C26H32F4N6O4S. The van der Waals surface area contributed by atoms with Crippen molar-refractivity contribution in [2.75, 3.05) is 50.6 Å². The first-order chi connectivity index (χ1) is 19.5. The van der Waals surface area contributed by atoms with Crippen molar-refractivity contribution in [3.05, 3.63) is 52.5 Å². The summed E-state index contributed by atoms with van der Waals surface area (Å²) in [4.78, 5) is 17.6. The van der Waals surface area contributed by atoms with Crippen molar-refractivity contribution < 1.29 is 37.6 Å². The van der Waals surface area contributed by atoms with E-state index in [9.17, 15) is 32.9 Å². The summed E-state index contributed by atoms with van der Waals surface area (Å²) >= 11 is 1.15. The number of methoxy groups -OCH3 is 1. The monoisotopic (exact) mass is 600 g/mol. The number of aromatic nitrogens is 3. The molecule has 15 heteroatoms.